The van der Waals surface area contributed by atoms with E-state index < -0.39 is 10.8 Å². The first-order chi connectivity index (χ1) is 12.4. The van der Waals surface area contributed by atoms with E-state index >= 15 is 0 Å². The van der Waals surface area contributed by atoms with Gasteiger partial charge < -0.3 is 10.1 Å². The molecule has 2 rings (SSSR count). The molecule has 134 valence electrons. The molecule has 2 aromatic rings. The predicted molar refractivity (Wildman–Crippen MR) is 104 cm³/mol. The number of non-ortho nitro benzene ring substituents is 1. The molecule has 0 unspecified atom stereocenters. The van der Waals surface area contributed by atoms with Gasteiger partial charge in [-0.25, -0.2) is 0 Å². The number of hydrogen-bond acceptors (Lipinski definition) is 5. The molecule has 0 atom stereocenters. The number of thiocarbonyl (C=S) groups is 1. The first kappa shape index (κ1) is 19.1. The molecule has 0 aliphatic carbocycles. The summed E-state index contributed by atoms with van der Waals surface area (Å²) in [6.07, 6.45) is 2.93. The molecule has 7 nitrogen and oxygen atoms in total. The third-order valence-electron chi connectivity index (χ3n) is 3.47. The highest BCUT2D eigenvalue weighted by atomic mass is 32.1. The number of nitrogens with zero attached hydrogens (tertiary/aromatic N) is 1. The van der Waals surface area contributed by atoms with E-state index in [9.17, 15) is 14.9 Å². The number of para-hydroxylation sites is 1. The van der Waals surface area contributed by atoms with Crippen molar-refractivity contribution in [2.45, 2.75) is 6.92 Å². The number of nitrogens with one attached hydrogen (secondary N) is 2. The number of benzene rings is 2. The minimum Gasteiger partial charge on any atom is -0.496 e. The van der Waals surface area contributed by atoms with Crippen LogP contribution < -0.4 is 15.4 Å². The van der Waals surface area contributed by atoms with E-state index in [0.717, 1.165) is 11.1 Å². The second-order valence-electron chi connectivity index (χ2n) is 5.27. The van der Waals surface area contributed by atoms with Gasteiger partial charge in [-0.1, -0.05) is 24.3 Å². The molecule has 0 saturated carbocycles. The minimum absolute atomic E-state index is 0.0447. The van der Waals surface area contributed by atoms with Gasteiger partial charge in [-0.05, 0) is 36.8 Å². The van der Waals surface area contributed by atoms with E-state index in [1.54, 1.807) is 32.2 Å². The lowest BCUT2D eigenvalue weighted by molar-refractivity contribution is -0.384. The zero-order valence-electron chi connectivity index (χ0n) is 14.2. The number of hydrogen-bond donors (Lipinski definition) is 2. The molecular weight excluding hydrogens is 354 g/mol. The van der Waals surface area contributed by atoms with Crippen molar-refractivity contribution >= 4 is 40.7 Å². The predicted octanol–water partition coefficient (Wildman–Crippen LogP) is 3.44. The molecule has 0 bridgehead atoms. The molecule has 26 heavy (non-hydrogen) atoms. The summed E-state index contributed by atoms with van der Waals surface area (Å²) < 4.78 is 5.21. The lowest BCUT2D eigenvalue weighted by Crippen LogP contribution is -2.33. The molecule has 0 aliphatic rings. The Morgan fingerprint density at radius 2 is 2.00 bits per heavy atom. The molecule has 0 aromatic heterocycles. The number of methoxy groups -OCH3 is 1. The maximum Gasteiger partial charge on any atom is 0.271 e. The van der Waals surface area contributed by atoms with Crippen LogP contribution in [0.25, 0.3) is 6.08 Å². The van der Waals surface area contributed by atoms with Crippen LogP contribution >= 0.6 is 12.2 Å². The minimum atomic E-state index is -0.498. The van der Waals surface area contributed by atoms with E-state index in [0.29, 0.717) is 11.4 Å². The van der Waals surface area contributed by atoms with Crippen molar-refractivity contribution in [3.63, 3.8) is 0 Å². The fourth-order valence-electron chi connectivity index (χ4n) is 2.13. The Bertz CT molecular complexity index is 880. The van der Waals surface area contributed by atoms with Gasteiger partial charge in [0.25, 0.3) is 5.69 Å². The maximum atomic E-state index is 12.0. The number of amides is 1. The van der Waals surface area contributed by atoms with Gasteiger partial charge in [0, 0.05) is 29.5 Å². The first-order valence-electron chi connectivity index (χ1n) is 7.59. The van der Waals surface area contributed by atoms with Gasteiger partial charge in [0.1, 0.15) is 5.75 Å². The fourth-order valence-corrected chi connectivity index (χ4v) is 2.35. The molecule has 2 aromatic carbocycles. The van der Waals surface area contributed by atoms with E-state index in [2.05, 4.69) is 10.6 Å². The zero-order chi connectivity index (χ0) is 19.1. The quantitative estimate of drug-likeness (QED) is 0.362. The molecule has 0 aliphatic heterocycles. The van der Waals surface area contributed by atoms with Crippen molar-refractivity contribution in [2.75, 3.05) is 12.4 Å². The molecular formula is C18H17N3O4S. The Morgan fingerprint density at radius 3 is 2.69 bits per heavy atom. The summed E-state index contributed by atoms with van der Waals surface area (Å²) in [7, 11) is 1.55. The monoisotopic (exact) mass is 371 g/mol. The number of anilines is 1. The first-order valence-corrected chi connectivity index (χ1v) is 7.99. The molecule has 0 radical (unpaired) electrons. The number of nitro benzene ring substituents is 1. The Kier molecular flexibility index (Phi) is 6.40. The smallest absolute Gasteiger partial charge is 0.271 e. The van der Waals surface area contributed by atoms with Crippen LogP contribution in [0.5, 0.6) is 5.75 Å². The molecule has 8 heteroatoms. The number of nitro groups is 1. The van der Waals surface area contributed by atoms with Crippen molar-refractivity contribution in [1.82, 2.24) is 5.32 Å². The highest BCUT2D eigenvalue weighted by molar-refractivity contribution is 7.80. The average molecular weight is 371 g/mol. The van der Waals surface area contributed by atoms with Crippen LogP contribution in [-0.2, 0) is 4.79 Å². The van der Waals surface area contributed by atoms with Crippen LogP contribution in [0.3, 0.4) is 0 Å². The van der Waals surface area contributed by atoms with Crippen LogP contribution in [-0.4, -0.2) is 23.1 Å². The van der Waals surface area contributed by atoms with Gasteiger partial charge in [0.15, 0.2) is 5.11 Å². The number of carbonyl (C=O) groups is 1. The summed E-state index contributed by atoms with van der Waals surface area (Å²) >= 11 is 5.09. The van der Waals surface area contributed by atoms with Crippen LogP contribution in [0.4, 0.5) is 11.4 Å². The Balaban J connectivity index is 2.01. The van der Waals surface area contributed by atoms with Gasteiger partial charge in [0.05, 0.1) is 12.0 Å². The lowest BCUT2D eigenvalue weighted by atomic mass is 10.2. The Hall–Kier alpha value is -3.26. The van der Waals surface area contributed by atoms with Crippen molar-refractivity contribution in [3.8, 4) is 5.75 Å². The topological polar surface area (TPSA) is 93.5 Å². The highest BCUT2D eigenvalue weighted by Crippen LogP contribution is 2.22. The normalized spacial score (nSPS) is 10.4. The van der Waals surface area contributed by atoms with Crippen molar-refractivity contribution in [3.05, 3.63) is 69.8 Å². The number of ether oxygens (including phenoxy) is 1. The van der Waals surface area contributed by atoms with Gasteiger partial charge in [0.2, 0.25) is 5.91 Å². The second-order valence-corrected chi connectivity index (χ2v) is 5.68. The molecule has 0 heterocycles. The number of aryl methyl sites for hydroxylation is 1. The summed E-state index contributed by atoms with van der Waals surface area (Å²) in [4.78, 5) is 22.4. The lowest BCUT2D eigenvalue weighted by Gasteiger charge is -2.10. The van der Waals surface area contributed by atoms with Crippen LogP contribution in [0, 0.1) is 17.0 Å². The number of rotatable bonds is 5. The summed E-state index contributed by atoms with van der Waals surface area (Å²) in [6, 6.07) is 11.6. The van der Waals surface area contributed by atoms with Crippen molar-refractivity contribution in [2.24, 2.45) is 0 Å². The third-order valence-corrected chi connectivity index (χ3v) is 3.67. The maximum absolute atomic E-state index is 12.0. The van der Waals surface area contributed by atoms with Crippen molar-refractivity contribution < 1.29 is 14.5 Å². The summed E-state index contributed by atoms with van der Waals surface area (Å²) in [5.41, 5.74) is 1.90. The van der Waals surface area contributed by atoms with E-state index in [1.165, 1.54) is 18.2 Å². The molecule has 0 saturated heterocycles. The average Bonchev–Trinajstić information content (AvgIpc) is 2.61. The summed E-state index contributed by atoms with van der Waals surface area (Å²) in [5, 5.41) is 16.2. The van der Waals surface area contributed by atoms with Crippen molar-refractivity contribution in [1.29, 1.82) is 0 Å². The standard InChI is InChI=1S/C18H17N3O4S/c1-12-7-9-14(21(23)24)11-15(12)19-18(26)20-17(22)10-8-13-5-3-4-6-16(13)25-2/h3-11H,1-2H3,(H2,19,20,22,26). The Morgan fingerprint density at radius 1 is 1.27 bits per heavy atom. The Labute approximate surface area is 155 Å². The highest BCUT2D eigenvalue weighted by Gasteiger charge is 2.10. The summed E-state index contributed by atoms with van der Waals surface area (Å²) in [6.45, 7) is 1.78. The SMILES string of the molecule is COc1ccccc1C=CC(=O)NC(=S)Nc1cc([N+](=O)[O-])ccc1C. The van der Waals surface area contributed by atoms with Crippen LogP contribution in [0.1, 0.15) is 11.1 Å². The van der Waals surface area contributed by atoms with Crippen LogP contribution in [0.15, 0.2) is 48.5 Å². The molecule has 2 N–H and O–H groups in total. The largest absolute Gasteiger partial charge is 0.496 e. The van der Waals surface area contributed by atoms with E-state index in [-0.39, 0.29) is 10.8 Å². The fraction of sp³-hybridized carbons (Fsp3) is 0.111. The zero-order valence-corrected chi connectivity index (χ0v) is 15.0. The van der Waals surface area contributed by atoms with E-state index in [1.807, 2.05) is 18.2 Å². The molecule has 1 amide bonds. The van der Waals surface area contributed by atoms with Gasteiger partial charge in [-0.3, -0.25) is 20.2 Å². The second kappa shape index (κ2) is 8.72. The van der Waals surface area contributed by atoms with Gasteiger partial charge in [-0.2, -0.15) is 0 Å². The van der Waals surface area contributed by atoms with Gasteiger partial charge >= 0.3 is 0 Å². The number of carbonyl (C=O) groups excluding carboxylic acids is 1. The van der Waals surface area contributed by atoms with Gasteiger partial charge in [-0.15, -0.1) is 0 Å². The molecule has 0 spiro atoms. The summed E-state index contributed by atoms with van der Waals surface area (Å²) in [5.74, 6) is 0.209. The molecule has 0 fully saturated rings. The van der Waals surface area contributed by atoms with Crippen LogP contribution in [0.2, 0.25) is 0 Å². The third kappa shape index (κ3) is 5.12. The van der Waals surface area contributed by atoms with E-state index in [4.69, 9.17) is 17.0 Å².